The molecule has 0 aliphatic rings. The molecule has 0 aliphatic carbocycles. The molecule has 0 saturated carbocycles. The van der Waals surface area contributed by atoms with Gasteiger partial charge in [-0.05, 0) is 18.8 Å². The quantitative estimate of drug-likeness (QED) is 0.618. The second-order valence-corrected chi connectivity index (χ2v) is 4.42. The Morgan fingerprint density at radius 3 is 2.25 bits per heavy atom. The van der Waals surface area contributed by atoms with Crippen molar-refractivity contribution in [1.82, 2.24) is 0 Å². The van der Waals surface area contributed by atoms with E-state index in [0.717, 1.165) is 6.42 Å². The van der Waals surface area contributed by atoms with E-state index in [9.17, 15) is 4.79 Å². The minimum atomic E-state index is 0.182. The molecule has 1 unspecified atom stereocenters. The molecule has 1 nitrogen and oxygen atoms in total. The fourth-order valence-electron chi connectivity index (χ4n) is 1.40. The molecule has 1 atom stereocenters. The first-order chi connectivity index (χ1) is 5.41. The molecule has 72 valence electrons. The fraction of sp³-hybridized carbons (Fsp3) is 0.909. The lowest BCUT2D eigenvalue weighted by molar-refractivity contribution is -0.123. The molecule has 0 saturated heterocycles. The van der Waals surface area contributed by atoms with Gasteiger partial charge in [0, 0.05) is 5.92 Å². The smallest absolute Gasteiger partial charge is 0.133 e. The van der Waals surface area contributed by atoms with Gasteiger partial charge in [-0.25, -0.2) is 0 Å². The maximum absolute atomic E-state index is 11.2. The fourth-order valence-corrected chi connectivity index (χ4v) is 1.40. The number of Topliss-reactive ketones (excluding diaryl/α,β-unsaturated/α-hetero) is 1. The van der Waals surface area contributed by atoms with Crippen LogP contribution >= 0.6 is 0 Å². The van der Waals surface area contributed by atoms with E-state index in [1.807, 2.05) is 6.92 Å². The highest BCUT2D eigenvalue weighted by Gasteiger charge is 2.27. The van der Waals surface area contributed by atoms with Crippen LogP contribution in [0.25, 0.3) is 0 Å². The normalized spacial score (nSPS) is 14.4. The van der Waals surface area contributed by atoms with E-state index in [1.165, 1.54) is 12.8 Å². The summed E-state index contributed by atoms with van der Waals surface area (Å²) in [5.74, 6) is 0.514. The van der Waals surface area contributed by atoms with Crippen molar-refractivity contribution in [3.05, 3.63) is 0 Å². The molecular formula is C11H22O. The molecule has 0 N–H and O–H groups in total. The summed E-state index contributed by atoms with van der Waals surface area (Å²) in [5, 5.41) is 0. The number of hydrogen-bond donors (Lipinski definition) is 0. The third-order valence-electron chi connectivity index (χ3n) is 2.96. The molecule has 0 amide bonds. The lowest BCUT2D eigenvalue weighted by Crippen LogP contribution is -2.26. The Labute approximate surface area is 76.6 Å². The van der Waals surface area contributed by atoms with Gasteiger partial charge >= 0.3 is 0 Å². The van der Waals surface area contributed by atoms with E-state index in [2.05, 4.69) is 20.8 Å². The Morgan fingerprint density at radius 2 is 1.92 bits per heavy atom. The first kappa shape index (κ1) is 11.7. The average molecular weight is 170 g/mol. The highest BCUT2D eigenvalue weighted by Crippen LogP contribution is 2.32. The van der Waals surface area contributed by atoms with Gasteiger partial charge in [0.15, 0.2) is 0 Å². The van der Waals surface area contributed by atoms with Crippen LogP contribution < -0.4 is 0 Å². The van der Waals surface area contributed by atoms with Gasteiger partial charge in [0.05, 0.1) is 0 Å². The largest absolute Gasteiger partial charge is 0.300 e. The molecule has 0 aliphatic heterocycles. The summed E-state index contributed by atoms with van der Waals surface area (Å²) in [6.45, 7) is 10.3. The molecule has 0 aromatic rings. The standard InChI is InChI=1S/C11H22O/c1-6-7-8-11(4,5)9(2)10(3)12/h9H,6-8H2,1-5H3. The second-order valence-electron chi connectivity index (χ2n) is 4.42. The summed E-state index contributed by atoms with van der Waals surface area (Å²) in [7, 11) is 0. The van der Waals surface area contributed by atoms with Crippen molar-refractivity contribution in [2.75, 3.05) is 0 Å². The van der Waals surface area contributed by atoms with Crippen LogP contribution in [0.3, 0.4) is 0 Å². The van der Waals surface area contributed by atoms with Gasteiger partial charge in [-0.1, -0.05) is 40.5 Å². The van der Waals surface area contributed by atoms with E-state index in [1.54, 1.807) is 6.92 Å². The van der Waals surface area contributed by atoms with Crippen molar-refractivity contribution in [3.63, 3.8) is 0 Å². The highest BCUT2D eigenvalue weighted by atomic mass is 16.1. The van der Waals surface area contributed by atoms with E-state index in [-0.39, 0.29) is 11.3 Å². The van der Waals surface area contributed by atoms with Crippen LogP contribution in [-0.2, 0) is 4.79 Å². The number of hydrogen-bond acceptors (Lipinski definition) is 1. The lowest BCUT2D eigenvalue weighted by Gasteiger charge is -2.29. The number of ketones is 1. The van der Waals surface area contributed by atoms with Gasteiger partial charge in [-0.15, -0.1) is 0 Å². The zero-order chi connectivity index (χ0) is 9.78. The minimum Gasteiger partial charge on any atom is -0.300 e. The predicted molar refractivity (Wildman–Crippen MR) is 53.2 cm³/mol. The van der Waals surface area contributed by atoms with Crippen molar-refractivity contribution < 1.29 is 4.79 Å². The zero-order valence-electron chi connectivity index (χ0n) is 9.11. The van der Waals surface area contributed by atoms with Crippen LogP contribution in [0.4, 0.5) is 0 Å². The summed E-state index contributed by atoms with van der Waals surface area (Å²) < 4.78 is 0. The van der Waals surface area contributed by atoms with E-state index >= 15 is 0 Å². The number of carbonyl (C=O) groups excluding carboxylic acids is 1. The highest BCUT2D eigenvalue weighted by molar-refractivity contribution is 5.78. The Hall–Kier alpha value is -0.330. The Morgan fingerprint density at radius 1 is 1.42 bits per heavy atom. The Balaban J connectivity index is 4.08. The summed E-state index contributed by atoms with van der Waals surface area (Å²) >= 11 is 0. The summed E-state index contributed by atoms with van der Waals surface area (Å²) in [6.07, 6.45) is 3.60. The van der Waals surface area contributed by atoms with Crippen molar-refractivity contribution in [2.24, 2.45) is 11.3 Å². The summed E-state index contributed by atoms with van der Waals surface area (Å²) in [6, 6.07) is 0. The summed E-state index contributed by atoms with van der Waals surface area (Å²) in [5.41, 5.74) is 0.182. The van der Waals surface area contributed by atoms with E-state index < -0.39 is 0 Å². The van der Waals surface area contributed by atoms with Crippen LogP contribution in [0.2, 0.25) is 0 Å². The van der Waals surface area contributed by atoms with Crippen LogP contribution in [0.15, 0.2) is 0 Å². The lowest BCUT2D eigenvalue weighted by atomic mass is 9.74. The Bertz CT molecular complexity index is 147. The molecule has 12 heavy (non-hydrogen) atoms. The molecule has 0 radical (unpaired) electrons. The zero-order valence-corrected chi connectivity index (χ0v) is 9.11. The molecule has 0 spiro atoms. The van der Waals surface area contributed by atoms with E-state index in [4.69, 9.17) is 0 Å². The van der Waals surface area contributed by atoms with Crippen LogP contribution in [0, 0.1) is 11.3 Å². The maximum Gasteiger partial charge on any atom is 0.133 e. The first-order valence-electron chi connectivity index (χ1n) is 4.92. The number of carbonyl (C=O) groups is 1. The molecule has 0 aromatic heterocycles. The third-order valence-corrected chi connectivity index (χ3v) is 2.96. The third kappa shape index (κ3) is 3.38. The molecule has 0 aromatic carbocycles. The van der Waals surface area contributed by atoms with Gasteiger partial charge < -0.3 is 0 Å². The maximum atomic E-state index is 11.2. The molecule has 0 bridgehead atoms. The number of unbranched alkanes of at least 4 members (excludes halogenated alkanes) is 1. The molecule has 0 rings (SSSR count). The second kappa shape index (κ2) is 4.64. The van der Waals surface area contributed by atoms with Gasteiger partial charge in [0.1, 0.15) is 5.78 Å². The topological polar surface area (TPSA) is 17.1 Å². The average Bonchev–Trinajstić information content (AvgIpc) is 1.99. The molecule has 0 fully saturated rings. The molecular weight excluding hydrogens is 148 g/mol. The molecule has 1 heteroatoms. The monoisotopic (exact) mass is 170 g/mol. The van der Waals surface area contributed by atoms with Gasteiger partial charge in [0.2, 0.25) is 0 Å². The van der Waals surface area contributed by atoms with Crippen molar-refractivity contribution in [3.8, 4) is 0 Å². The van der Waals surface area contributed by atoms with E-state index in [0.29, 0.717) is 5.78 Å². The first-order valence-corrected chi connectivity index (χ1v) is 4.92. The number of rotatable bonds is 5. The minimum absolute atomic E-state index is 0.182. The van der Waals surface area contributed by atoms with Crippen LogP contribution in [0.1, 0.15) is 53.9 Å². The van der Waals surface area contributed by atoms with Crippen molar-refractivity contribution in [2.45, 2.75) is 53.9 Å². The summed E-state index contributed by atoms with van der Waals surface area (Å²) in [4.78, 5) is 11.2. The van der Waals surface area contributed by atoms with Gasteiger partial charge in [-0.2, -0.15) is 0 Å². The van der Waals surface area contributed by atoms with Gasteiger partial charge in [0.25, 0.3) is 0 Å². The van der Waals surface area contributed by atoms with Crippen molar-refractivity contribution in [1.29, 1.82) is 0 Å². The van der Waals surface area contributed by atoms with Crippen molar-refractivity contribution >= 4 is 5.78 Å². The van der Waals surface area contributed by atoms with Crippen LogP contribution in [-0.4, -0.2) is 5.78 Å². The molecule has 0 heterocycles. The van der Waals surface area contributed by atoms with Gasteiger partial charge in [-0.3, -0.25) is 4.79 Å². The Kier molecular flexibility index (Phi) is 4.51. The predicted octanol–water partition coefficient (Wildman–Crippen LogP) is 3.43. The SMILES string of the molecule is CCCCC(C)(C)C(C)C(C)=O. The van der Waals surface area contributed by atoms with Crippen LogP contribution in [0.5, 0.6) is 0 Å².